The highest BCUT2D eigenvalue weighted by Gasteiger charge is 2.11. The van der Waals surface area contributed by atoms with Crippen molar-refractivity contribution in [2.24, 2.45) is 0 Å². The predicted molar refractivity (Wildman–Crippen MR) is 98.0 cm³/mol. The molecule has 0 spiro atoms. The Hall–Kier alpha value is -3.12. The first-order chi connectivity index (χ1) is 12.2. The Morgan fingerprint density at radius 3 is 2.80 bits per heavy atom. The summed E-state index contributed by atoms with van der Waals surface area (Å²) in [4.78, 5) is 15.4. The van der Waals surface area contributed by atoms with Crippen molar-refractivity contribution >= 4 is 34.7 Å². The third-order valence-electron chi connectivity index (χ3n) is 3.79. The summed E-state index contributed by atoms with van der Waals surface area (Å²) < 4.78 is 7.26. The number of methoxy groups -OCH3 is 1. The number of rotatable bonds is 7. The second-order valence-corrected chi connectivity index (χ2v) is 5.45. The molecule has 1 aromatic heterocycles. The molecule has 1 heterocycles. The van der Waals surface area contributed by atoms with Crippen LogP contribution in [0.3, 0.4) is 0 Å². The summed E-state index contributed by atoms with van der Waals surface area (Å²) in [5, 5.41) is 12.2. The number of nitrogens with zero attached hydrogens (tertiary/aromatic N) is 2. The molecular formula is C19H19N3O3. The van der Waals surface area contributed by atoms with Gasteiger partial charge in [-0.25, -0.2) is 9.78 Å². The molecule has 3 aromatic rings. The molecule has 128 valence electrons. The standard InChI is InChI=1S/C19H19N3O3/c1-25-13-12-22-17-9-5-4-8-16(17)21-19(22)20-15-7-3-2-6-14(15)10-11-18(23)24/h2-11H,12-13H2,1H3,(H,20,21)(H,23,24). The van der Waals surface area contributed by atoms with Crippen molar-refractivity contribution in [1.82, 2.24) is 9.55 Å². The summed E-state index contributed by atoms with van der Waals surface area (Å²) in [5.74, 6) is -0.295. The van der Waals surface area contributed by atoms with E-state index >= 15 is 0 Å². The molecule has 0 aliphatic carbocycles. The van der Waals surface area contributed by atoms with E-state index in [1.807, 2.05) is 48.5 Å². The van der Waals surface area contributed by atoms with E-state index in [0.717, 1.165) is 28.4 Å². The molecule has 0 radical (unpaired) electrons. The summed E-state index contributed by atoms with van der Waals surface area (Å²) in [6.07, 6.45) is 2.68. The minimum atomic E-state index is -0.984. The number of anilines is 2. The SMILES string of the molecule is COCCn1c(Nc2ccccc2C=CC(=O)O)nc2ccccc21. The van der Waals surface area contributed by atoms with Gasteiger partial charge in [-0.05, 0) is 29.8 Å². The van der Waals surface area contributed by atoms with Gasteiger partial charge in [-0.15, -0.1) is 0 Å². The molecular weight excluding hydrogens is 318 g/mol. The van der Waals surface area contributed by atoms with Crippen LogP contribution >= 0.6 is 0 Å². The van der Waals surface area contributed by atoms with Gasteiger partial charge in [-0.1, -0.05) is 30.3 Å². The first-order valence-corrected chi connectivity index (χ1v) is 7.90. The van der Waals surface area contributed by atoms with Crippen LogP contribution in [-0.2, 0) is 16.1 Å². The van der Waals surface area contributed by atoms with Crippen LogP contribution < -0.4 is 5.32 Å². The zero-order chi connectivity index (χ0) is 17.6. The zero-order valence-electron chi connectivity index (χ0n) is 13.8. The summed E-state index contributed by atoms with van der Waals surface area (Å²) in [6, 6.07) is 15.4. The number of aromatic nitrogens is 2. The van der Waals surface area contributed by atoms with E-state index in [0.29, 0.717) is 19.1 Å². The summed E-state index contributed by atoms with van der Waals surface area (Å²) in [6.45, 7) is 1.22. The molecule has 0 bridgehead atoms. The van der Waals surface area contributed by atoms with Crippen LogP contribution in [0.2, 0.25) is 0 Å². The first-order valence-electron chi connectivity index (χ1n) is 7.90. The largest absolute Gasteiger partial charge is 0.478 e. The number of carboxylic acids is 1. The summed E-state index contributed by atoms with van der Waals surface area (Å²) in [7, 11) is 1.66. The Morgan fingerprint density at radius 1 is 1.24 bits per heavy atom. The highest BCUT2D eigenvalue weighted by atomic mass is 16.5. The highest BCUT2D eigenvalue weighted by molar-refractivity contribution is 5.87. The van der Waals surface area contributed by atoms with E-state index in [4.69, 9.17) is 9.84 Å². The van der Waals surface area contributed by atoms with E-state index in [-0.39, 0.29) is 0 Å². The monoisotopic (exact) mass is 337 g/mol. The maximum Gasteiger partial charge on any atom is 0.328 e. The molecule has 0 saturated carbocycles. The Balaban J connectivity index is 1.99. The fourth-order valence-electron chi connectivity index (χ4n) is 2.62. The summed E-state index contributed by atoms with van der Waals surface area (Å²) >= 11 is 0. The molecule has 0 fully saturated rings. The number of imidazole rings is 1. The second kappa shape index (κ2) is 7.63. The number of carbonyl (C=O) groups is 1. The van der Waals surface area contributed by atoms with Gasteiger partial charge < -0.3 is 19.7 Å². The molecule has 3 rings (SSSR count). The van der Waals surface area contributed by atoms with Crippen LogP contribution in [-0.4, -0.2) is 34.3 Å². The lowest BCUT2D eigenvalue weighted by atomic mass is 10.1. The maximum atomic E-state index is 10.8. The number of aliphatic carboxylic acids is 1. The number of para-hydroxylation sites is 3. The molecule has 25 heavy (non-hydrogen) atoms. The third kappa shape index (κ3) is 3.87. The molecule has 0 aliphatic rings. The van der Waals surface area contributed by atoms with Gasteiger partial charge in [0.1, 0.15) is 0 Å². The first kappa shape index (κ1) is 16.7. The average Bonchev–Trinajstić information content (AvgIpc) is 2.96. The number of fused-ring (bicyclic) bond motifs is 1. The minimum absolute atomic E-state index is 0.565. The van der Waals surface area contributed by atoms with Gasteiger partial charge in [0.15, 0.2) is 0 Å². The van der Waals surface area contributed by atoms with E-state index in [9.17, 15) is 4.79 Å². The predicted octanol–water partition coefficient (Wildman–Crippen LogP) is 3.52. The number of ether oxygens (including phenoxy) is 1. The average molecular weight is 337 g/mol. The molecule has 0 amide bonds. The fraction of sp³-hybridized carbons (Fsp3) is 0.158. The van der Waals surface area contributed by atoms with Crippen molar-refractivity contribution in [3.05, 3.63) is 60.2 Å². The van der Waals surface area contributed by atoms with Crippen molar-refractivity contribution < 1.29 is 14.6 Å². The van der Waals surface area contributed by atoms with E-state index < -0.39 is 5.97 Å². The lowest BCUT2D eigenvalue weighted by molar-refractivity contribution is -0.131. The Kier molecular flexibility index (Phi) is 5.11. The van der Waals surface area contributed by atoms with Gasteiger partial charge in [0.25, 0.3) is 0 Å². The molecule has 2 aromatic carbocycles. The van der Waals surface area contributed by atoms with E-state index in [1.54, 1.807) is 13.2 Å². The van der Waals surface area contributed by atoms with Crippen molar-refractivity contribution in [3.63, 3.8) is 0 Å². The topological polar surface area (TPSA) is 76.4 Å². The highest BCUT2D eigenvalue weighted by Crippen LogP contribution is 2.25. The van der Waals surface area contributed by atoms with Crippen molar-refractivity contribution in [2.45, 2.75) is 6.54 Å². The molecule has 2 N–H and O–H groups in total. The lowest BCUT2D eigenvalue weighted by Crippen LogP contribution is -2.08. The fourth-order valence-corrected chi connectivity index (χ4v) is 2.62. The van der Waals surface area contributed by atoms with Crippen LogP contribution in [0.15, 0.2) is 54.6 Å². The normalized spacial score (nSPS) is 11.2. The van der Waals surface area contributed by atoms with Crippen LogP contribution in [0.25, 0.3) is 17.1 Å². The van der Waals surface area contributed by atoms with Crippen molar-refractivity contribution in [1.29, 1.82) is 0 Å². The van der Waals surface area contributed by atoms with Gasteiger partial charge in [0, 0.05) is 25.4 Å². The molecule has 0 atom stereocenters. The molecule has 6 nitrogen and oxygen atoms in total. The van der Waals surface area contributed by atoms with Gasteiger partial charge in [-0.3, -0.25) is 0 Å². The Labute approximate surface area is 145 Å². The quantitative estimate of drug-likeness (QED) is 0.645. The Morgan fingerprint density at radius 2 is 2.00 bits per heavy atom. The second-order valence-electron chi connectivity index (χ2n) is 5.45. The van der Waals surface area contributed by atoms with Crippen molar-refractivity contribution in [2.75, 3.05) is 19.0 Å². The lowest BCUT2D eigenvalue weighted by Gasteiger charge is -2.12. The smallest absolute Gasteiger partial charge is 0.328 e. The molecule has 0 saturated heterocycles. The number of hydrogen-bond donors (Lipinski definition) is 2. The van der Waals surface area contributed by atoms with E-state index in [2.05, 4.69) is 14.9 Å². The summed E-state index contributed by atoms with van der Waals surface area (Å²) in [5.41, 5.74) is 3.46. The Bertz CT molecular complexity index is 915. The number of benzene rings is 2. The number of hydrogen-bond acceptors (Lipinski definition) is 4. The van der Waals surface area contributed by atoms with Gasteiger partial charge >= 0.3 is 5.97 Å². The molecule has 6 heteroatoms. The van der Waals surface area contributed by atoms with Gasteiger partial charge in [-0.2, -0.15) is 0 Å². The van der Waals surface area contributed by atoms with Crippen LogP contribution in [0, 0.1) is 0 Å². The molecule has 0 unspecified atom stereocenters. The number of nitrogens with one attached hydrogen (secondary N) is 1. The van der Waals surface area contributed by atoms with Gasteiger partial charge in [0.05, 0.1) is 17.6 Å². The van der Waals surface area contributed by atoms with Gasteiger partial charge in [0.2, 0.25) is 5.95 Å². The van der Waals surface area contributed by atoms with E-state index in [1.165, 1.54) is 0 Å². The maximum absolute atomic E-state index is 10.8. The van der Waals surface area contributed by atoms with Crippen LogP contribution in [0.4, 0.5) is 11.6 Å². The third-order valence-corrected chi connectivity index (χ3v) is 3.79. The van der Waals surface area contributed by atoms with Crippen LogP contribution in [0.1, 0.15) is 5.56 Å². The minimum Gasteiger partial charge on any atom is -0.478 e. The number of carboxylic acid groups (broad SMARTS) is 1. The van der Waals surface area contributed by atoms with Crippen LogP contribution in [0.5, 0.6) is 0 Å². The molecule has 0 aliphatic heterocycles. The zero-order valence-corrected chi connectivity index (χ0v) is 13.8. The van der Waals surface area contributed by atoms with Crippen molar-refractivity contribution in [3.8, 4) is 0 Å².